The van der Waals surface area contributed by atoms with Gasteiger partial charge in [0, 0.05) is 11.8 Å². The topological polar surface area (TPSA) is 83.3 Å². The van der Waals surface area contributed by atoms with Crippen LogP contribution in [0, 0.1) is 0 Å². The number of anilines is 1. The first-order valence-corrected chi connectivity index (χ1v) is 8.74. The highest BCUT2D eigenvalue weighted by Crippen LogP contribution is 2.37. The molecule has 2 heterocycles. The van der Waals surface area contributed by atoms with Gasteiger partial charge in [-0.3, -0.25) is 0 Å². The van der Waals surface area contributed by atoms with Crippen LogP contribution < -0.4 is 19.5 Å². The van der Waals surface area contributed by atoms with E-state index in [1.165, 1.54) is 0 Å². The van der Waals surface area contributed by atoms with E-state index in [0.29, 0.717) is 5.82 Å². The number of aromatic nitrogens is 4. The van der Waals surface area contributed by atoms with Crippen molar-refractivity contribution in [3.05, 3.63) is 48.3 Å². The first-order chi connectivity index (χ1) is 13.1. The summed E-state index contributed by atoms with van der Waals surface area (Å²) in [4.78, 5) is 0. The van der Waals surface area contributed by atoms with Crippen molar-refractivity contribution in [1.82, 2.24) is 20.2 Å². The van der Waals surface area contributed by atoms with Crippen LogP contribution >= 0.6 is 0 Å². The molecule has 0 aliphatic carbocycles. The summed E-state index contributed by atoms with van der Waals surface area (Å²) in [5.41, 5.74) is 1.28. The Labute approximate surface area is 157 Å². The Kier molecular flexibility index (Phi) is 4.31. The van der Waals surface area contributed by atoms with E-state index in [9.17, 15) is 0 Å². The van der Waals surface area contributed by atoms with Gasteiger partial charge in [-0.05, 0) is 60.2 Å². The lowest BCUT2D eigenvalue weighted by Crippen LogP contribution is -2.34. The van der Waals surface area contributed by atoms with E-state index in [4.69, 9.17) is 14.2 Å². The van der Waals surface area contributed by atoms with E-state index in [1.54, 1.807) is 11.8 Å². The fraction of sp³-hybridized carbons (Fsp3) is 0.316. The number of benzene rings is 2. The number of rotatable bonds is 6. The summed E-state index contributed by atoms with van der Waals surface area (Å²) in [6.45, 7) is 4.41. The van der Waals surface area contributed by atoms with E-state index in [-0.39, 0.29) is 6.79 Å². The van der Waals surface area contributed by atoms with E-state index < -0.39 is 5.54 Å². The number of hydrogen-bond acceptors (Lipinski definition) is 7. The highest BCUT2D eigenvalue weighted by atomic mass is 16.7. The summed E-state index contributed by atoms with van der Waals surface area (Å²) in [7, 11) is 1.64. The first kappa shape index (κ1) is 17.1. The summed E-state index contributed by atoms with van der Waals surface area (Å²) in [5, 5.41) is 15.9. The van der Waals surface area contributed by atoms with Gasteiger partial charge in [-0.2, -0.15) is 4.68 Å². The lowest BCUT2D eigenvalue weighted by molar-refractivity contribution is 0.174. The number of ether oxygens (including phenoxy) is 3. The molecule has 1 unspecified atom stereocenters. The molecule has 1 aromatic heterocycles. The van der Waals surface area contributed by atoms with Crippen molar-refractivity contribution in [3.63, 3.8) is 0 Å². The third-order valence-corrected chi connectivity index (χ3v) is 4.78. The molecule has 0 bridgehead atoms. The second kappa shape index (κ2) is 6.79. The maximum Gasteiger partial charge on any atom is 0.231 e. The zero-order valence-electron chi connectivity index (χ0n) is 15.5. The molecular formula is C19H21N5O3. The van der Waals surface area contributed by atoms with Crippen molar-refractivity contribution in [1.29, 1.82) is 0 Å². The normalized spacial score (nSPS) is 14.6. The van der Waals surface area contributed by atoms with Crippen molar-refractivity contribution in [2.45, 2.75) is 25.8 Å². The number of nitrogens with zero attached hydrogens (tertiary/aromatic N) is 4. The van der Waals surface area contributed by atoms with E-state index in [1.807, 2.05) is 42.5 Å². The molecule has 2 aromatic carbocycles. The maximum atomic E-state index is 5.47. The lowest BCUT2D eigenvalue weighted by atomic mass is 9.97. The molecule has 0 amide bonds. The average molecular weight is 367 g/mol. The second-order valence-corrected chi connectivity index (χ2v) is 6.49. The van der Waals surface area contributed by atoms with Crippen LogP contribution in [0.25, 0.3) is 5.69 Å². The van der Waals surface area contributed by atoms with Crippen LogP contribution in [0.3, 0.4) is 0 Å². The Morgan fingerprint density at radius 2 is 1.93 bits per heavy atom. The Balaban J connectivity index is 1.66. The third kappa shape index (κ3) is 3.14. The number of tetrazole rings is 1. The van der Waals surface area contributed by atoms with Gasteiger partial charge in [0.1, 0.15) is 5.75 Å². The van der Waals surface area contributed by atoms with Gasteiger partial charge in [0.05, 0.1) is 18.3 Å². The van der Waals surface area contributed by atoms with Crippen LogP contribution in [0.2, 0.25) is 0 Å². The fourth-order valence-electron chi connectivity index (χ4n) is 3.02. The number of methoxy groups -OCH3 is 1. The van der Waals surface area contributed by atoms with Crippen LogP contribution in [0.4, 0.5) is 5.69 Å². The van der Waals surface area contributed by atoms with E-state index in [0.717, 1.165) is 35.0 Å². The minimum absolute atomic E-state index is 0.250. The summed E-state index contributed by atoms with van der Waals surface area (Å²) in [6, 6.07) is 13.4. The number of nitrogens with one attached hydrogen (secondary N) is 1. The third-order valence-electron chi connectivity index (χ3n) is 4.78. The van der Waals surface area contributed by atoms with Crippen molar-refractivity contribution < 1.29 is 14.2 Å². The quantitative estimate of drug-likeness (QED) is 0.716. The summed E-state index contributed by atoms with van der Waals surface area (Å²) in [5.74, 6) is 2.98. The van der Waals surface area contributed by atoms with Gasteiger partial charge in [-0.15, -0.1) is 5.10 Å². The van der Waals surface area contributed by atoms with Gasteiger partial charge in [0.2, 0.25) is 6.79 Å². The van der Waals surface area contributed by atoms with Crippen LogP contribution in [0.1, 0.15) is 26.1 Å². The molecule has 1 aliphatic rings. The standard InChI is InChI=1S/C19H21N5O3/c1-4-19(2,20-13-5-10-16-17(11-13)27-12-26-16)18-21-22-23-24(18)14-6-8-15(25-3)9-7-14/h5-11,20H,4,12H2,1-3H3. The van der Waals surface area contributed by atoms with Gasteiger partial charge >= 0.3 is 0 Å². The summed E-state index contributed by atoms with van der Waals surface area (Å²) < 4.78 is 17.8. The van der Waals surface area contributed by atoms with Gasteiger partial charge < -0.3 is 19.5 Å². The van der Waals surface area contributed by atoms with E-state index >= 15 is 0 Å². The number of fused-ring (bicyclic) bond motifs is 1. The van der Waals surface area contributed by atoms with Gasteiger partial charge in [0.15, 0.2) is 17.3 Å². The minimum atomic E-state index is -0.489. The molecule has 0 saturated carbocycles. The molecule has 8 heteroatoms. The molecule has 1 aliphatic heterocycles. The maximum absolute atomic E-state index is 5.47. The Morgan fingerprint density at radius 1 is 1.15 bits per heavy atom. The molecule has 0 spiro atoms. The molecule has 1 atom stereocenters. The zero-order chi connectivity index (χ0) is 18.9. The van der Waals surface area contributed by atoms with Gasteiger partial charge in [-0.1, -0.05) is 6.92 Å². The predicted octanol–water partition coefficient (Wildman–Crippen LogP) is 3.14. The first-order valence-electron chi connectivity index (χ1n) is 8.74. The molecule has 140 valence electrons. The molecule has 0 fully saturated rings. The molecule has 3 aromatic rings. The predicted molar refractivity (Wildman–Crippen MR) is 99.5 cm³/mol. The van der Waals surface area contributed by atoms with Crippen molar-refractivity contribution in [2.24, 2.45) is 0 Å². The number of hydrogen-bond donors (Lipinski definition) is 1. The highest BCUT2D eigenvalue weighted by molar-refractivity contribution is 5.57. The van der Waals surface area contributed by atoms with Crippen LogP contribution in [-0.4, -0.2) is 34.1 Å². The highest BCUT2D eigenvalue weighted by Gasteiger charge is 2.32. The van der Waals surface area contributed by atoms with Crippen molar-refractivity contribution >= 4 is 5.69 Å². The van der Waals surface area contributed by atoms with E-state index in [2.05, 4.69) is 34.7 Å². The molecule has 0 radical (unpaired) electrons. The zero-order valence-corrected chi connectivity index (χ0v) is 15.5. The molecule has 0 saturated heterocycles. The van der Waals surface area contributed by atoms with Crippen LogP contribution in [0.15, 0.2) is 42.5 Å². The Bertz CT molecular complexity index is 941. The largest absolute Gasteiger partial charge is 0.497 e. The summed E-state index contributed by atoms with van der Waals surface area (Å²) in [6.07, 6.45) is 0.776. The molecule has 4 rings (SSSR count). The fourth-order valence-corrected chi connectivity index (χ4v) is 3.02. The Morgan fingerprint density at radius 3 is 2.67 bits per heavy atom. The minimum Gasteiger partial charge on any atom is -0.497 e. The monoisotopic (exact) mass is 367 g/mol. The van der Waals surface area contributed by atoms with Crippen LogP contribution in [-0.2, 0) is 5.54 Å². The SMILES string of the molecule is CCC(C)(Nc1ccc2c(c1)OCO2)c1nnnn1-c1ccc(OC)cc1. The van der Waals surface area contributed by atoms with Crippen LogP contribution in [0.5, 0.6) is 17.2 Å². The average Bonchev–Trinajstić information content (AvgIpc) is 3.37. The van der Waals surface area contributed by atoms with Gasteiger partial charge in [0.25, 0.3) is 0 Å². The second-order valence-electron chi connectivity index (χ2n) is 6.49. The molecule has 8 nitrogen and oxygen atoms in total. The molecular weight excluding hydrogens is 346 g/mol. The summed E-state index contributed by atoms with van der Waals surface area (Å²) >= 11 is 0. The smallest absolute Gasteiger partial charge is 0.231 e. The molecule has 1 N–H and O–H groups in total. The molecule has 27 heavy (non-hydrogen) atoms. The Hall–Kier alpha value is -3.29. The van der Waals surface area contributed by atoms with Crippen molar-refractivity contribution in [3.8, 4) is 22.9 Å². The lowest BCUT2D eigenvalue weighted by Gasteiger charge is -2.29. The van der Waals surface area contributed by atoms with Gasteiger partial charge in [-0.25, -0.2) is 0 Å². The van der Waals surface area contributed by atoms with Crippen molar-refractivity contribution in [2.75, 3.05) is 19.2 Å².